The quantitative estimate of drug-likeness (QED) is 0.661. The van der Waals surface area contributed by atoms with Gasteiger partial charge in [-0.15, -0.1) is 0 Å². The molecule has 0 aromatic carbocycles. The number of hydrogen-bond donors (Lipinski definition) is 3. The largest absolute Gasteiger partial charge is 0.356 e. The summed E-state index contributed by atoms with van der Waals surface area (Å²) >= 11 is 0. The van der Waals surface area contributed by atoms with Crippen LogP contribution in [-0.2, 0) is 9.59 Å². The van der Waals surface area contributed by atoms with Crippen LogP contribution in [0.1, 0.15) is 70.6 Å². The summed E-state index contributed by atoms with van der Waals surface area (Å²) in [5.41, 5.74) is 0. The van der Waals surface area contributed by atoms with Gasteiger partial charge in [0.2, 0.25) is 11.8 Å². The fourth-order valence-electron chi connectivity index (χ4n) is 4.77. The van der Waals surface area contributed by atoms with Gasteiger partial charge in [0.1, 0.15) is 0 Å². The first-order chi connectivity index (χ1) is 12.2. The summed E-state index contributed by atoms with van der Waals surface area (Å²) in [6.45, 7) is 3.03. The molecule has 0 radical (unpaired) electrons. The third-order valence-electron chi connectivity index (χ3n) is 6.43. The number of rotatable bonds is 7. The summed E-state index contributed by atoms with van der Waals surface area (Å²) in [6, 6.07) is 0.280. The van der Waals surface area contributed by atoms with Gasteiger partial charge in [0.15, 0.2) is 0 Å². The van der Waals surface area contributed by atoms with Gasteiger partial charge in [0.25, 0.3) is 0 Å². The Bertz CT molecular complexity index is 434. The van der Waals surface area contributed by atoms with Crippen molar-refractivity contribution in [1.29, 1.82) is 0 Å². The Labute approximate surface area is 152 Å². The Balaban J connectivity index is 1.28. The van der Waals surface area contributed by atoms with Crippen LogP contribution in [0.5, 0.6) is 0 Å². The first kappa shape index (κ1) is 18.7. The van der Waals surface area contributed by atoms with Crippen molar-refractivity contribution in [1.82, 2.24) is 16.0 Å². The van der Waals surface area contributed by atoms with Crippen molar-refractivity contribution in [2.75, 3.05) is 19.6 Å². The predicted molar refractivity (Wildman–Crippen MR) is 99.1 cm³/mol. The van der Waals surface area contributed by atoms with Crippen molar-refractivity contribution in [3.8, 4) is 0 Å². The van der Waals surface area contributed by atoms with Gasteiger partial charge in [-0.1, -0.05) is 12.8 Å². The molecule has 0 aromatic rings. The first-order valence-electron chi connectivity index (χ1n) is 10.5. The monoisotopic (exact) mass is 349 g/mol. The molecule has 3 N–H and O–H groups in total. The average Bonchev–Trinajstić information content (AvgIpc) is 3.29. The highest BCUT2D eigenvalue weighted by molar-refractivity contribution is 5.79. The lowest BCUT2D eigenvalue weighted by Gasteiger charge is -2.29. The van der Waals surface area contributed by atoms with Crippen LogP contribution in [-0.4, -0.2) is 37.5 Å². The lowest BCUT2D eigenvalue weighted by Crippen LogP contribution is -2.41. The number of amides is 2. The van der Waals surface area contributed by atoms with Gasteiger partial charge in [-0.2, -0.15) is 0 Å². The SMILES string of the molecule is O=C(CC1CCCC1)NC1CCC(C(=O)NCCC2CCNC2)CC1. The van der Waals surface area contributed by atoms with Crippen molar-refractivity contribution in [3.05, 3.63) is 0 Å². The van der Waals surface area contributed by atoms with Gasteiger partial charge >= 0.3 is 0 Å². The van der Waals surface area contributed by atoms with Crippen LogP contribution in [0.3, 0.4) is 0 Å². The molecule has 3 rings (SSSR count). The van der Waals surface area contributed by atoms with Crippen LogP contribution in [0.25, 0.3) is 0 Å². The Morgan fingerprint density at radius 1 is 0.920 bits per heavy atom. The predicted octanol–water partition coefficient (Wildman–Crippen LogP) is 2.36. The standard InChI is InChI=1S/C20H35N3O2/c24-19(13-15-3-1-2-4-15)23-18-7-5-17(6-8-18)20(25)22-12-10-16-9-11-21-14-16/h15-18,21H,1-14H2,(H,22,25)(H,23,24). The molecule has 2 aliphatic carbocycles. The van der Waals surface area contributed by atoms with Gasteiger partial charge in [0, 0.05) is 24.9 Å². The molecule has 3 fully saturated rings. The van der Waals surface area contributed by atoms with Crippen LogP contribution in [0.4, 0.5) is 0 Å². The summed E-state index contributed by atoms with van der Waals surface area (Å²) in [5, 5.41) is 9.71. The fourth-order valence-corrected chi connectivity index (χ4v) is 4.77. The van der Waals surface area contributed by atoms with Crippen LogP contribution in [0, 0.1) is 17.8 Å². The Kier molecular flexibility index (Phi) is 7.14. The molecule has 1 heterocycles. The van der Waals surface area contributed by atoms with Crippen LogP contribution in [0.15, 0.2) is 0 Å². The molecule has 0 spiro atoms. The van der Waals surface area contributed by atoms with E-state index < -0.39 is 0 Å². The molecular weight excluding hydrogens is 314 g/mol. The highest BCUT2D eigenvalue weighted by Crippen LogP contribution is 2.28. The second kappa shape index (κ2) is 9.56. The van der Waals surface area contributed by atoms with Gasteiger partial charge in [-0.25, -0.2) is 0 Å². The minimum Gasteiger partial charge on any atom is -0.356 e. The minimum absolute atomic E-state index is 0.143. The maximum absolute atomic E-state index is 12.3. The molecule has 1 unspecified atom stereocenters. The summed E-state index contributed by atoms with van der Waals surface area (Å²) in [7, 11) is 0. The molecule has 3 aliphatic rings. The Morgan fingerprint density at radius 2 is 1.68 bits per heavy atom. The molecule has 0 aromatic heterocycles. The third kappa shape index (κ3) is 5.98. The van der Waals surface area contributed by atoms with E-state index in [1.54, 1.807) is 0 Å². The highest BCUT2D eigenvalue weighted by Gasteiger charge is 2.28. The zero-order chi connectivity index (χ0) is 17.5. The molecule has 1 atom stereocenters. The smallest absolute Gasteiger partial charge is 0.223 e. The van der Waals surface area contributed by atoms with Crippen LogP contribution in [0.2, 0.25) is 0 Å². The fraction of sp³-hybridized carbons (Fsp3) is 0.900. The molecule has 142 valence electrons. The second-order valence-electron chi connectivity index (χ2n) is 8.41. The third-order valence-corrected chi connectivity index (χ3v) is 6.43. The summed E-state index contributed by atoms with van der Waals surface area (Å²) in [4.78, 5) is 24.5. The van der Waals surface area contributed by atoms with E-state index in [1.165, 1.54) is 32.1 Å². The summed E-state index contributed by atoms with van der Waals surface area (Å²) in [5.74, 6) is 1.93. The molecule has 1 saturated heterocycles. The van der Waals surface area contributed by atoms with E-state index in [0.717, 1.165) is 57.7 Å². The minimum atomic E-state index is 0.143. The topological polar surface area (TPSA) is 70.2 Å². The molecular formula is C20H35N3O2. The van der Waals surface area contributed by atoms with Crippen LogP contribution < -0.4 is 16.0 Å². The average molecular weight is 350 g/mol. The zero-order valence-electron chi connectivity index (χ0n) is 15.5. The number of nitrogens with one attached hydrogen (secondary N) is 3. The summed E-state index contributed by atoms with van der Waals surface area (Å²) < 4.78 is 0. The molecule has 25 heavy (non-hydrogen) atoms. The van der Waals surface area contributed by atoms with Crippen molar-refractivity contribution in [2.24, 2.45) is 17.8 Å². The summed E-state index contributed by atoms with van der Waals surface area (Å²) in [6.07, 6.45) is 11.8. The maximum Gasteiger partial charge on any atom is 0.223 e. The van der Waals surface area contributed by atoms with E-state index in [9.17, 15) is 9.59 Å². The zero-order valence-corrected chi connectivity index (χ0v) is 15.5. The lowest BCUT2D eigenvalue weighted by molar-refractivity contribution is -0.126. The van der Waals surface area contributed by atoms with Crippen molar-refractivity contribution in [2.45, 2.75) is 76.7 Å². The number of hydrogen-bond acceptors (Lipinski definition) is 3. The van der Waals surface area contributed by atoms with Gasteiger partial charge in [-0.3, -0.25) is 9.59 Å². The van der Waals surface area contributed by atoms with Gasteiger partial charge in [-0.05, 0) is 76.3 Å². The van der Waals surface area contributed by atoms with E-state index in [1.807, 2.05) is 0 Å². The molecule has 5 nitrogen and oxygen atoms in total. The number of carbonyl (C=O) groups is 2. The van der Waals surface area contributed by atoms with E-state index in [0.29, 0.717) is 12.3 Å². The lowest BCUT2D eigenvalue weighted by atomic mass is 9.85. The molecule has 2 amide bonds. The van der Waals surface area contributed by atoms with Crippen LogP contribution >= 0.6 is 0 Å². The number of carbonyl (C=O) groups excluding carboxylic acids is 2. The molecule has 2 saturated carbocycles. The van der Waals surface area contributed by atoms with E-state index in [2.05, 4.69) is 16.0 Å². The molecule has 0 bridgehead atoms. The molecule has 5 heteroatoms. The van der Waals surface area contributed by atoms with Crippen molar-refractivity contribution < 1.29 is 9.59 Å². The van der Waals surface area contributed by atoms with E-state index in [-0.39, 0.29) is 23.8 Å². The van der Waals surface area contributed by atoms with Gasteiger partial charge < -0.3 is 16.0 Å². The van der Waals surface area contributed by atoms with Crippen molar-refractivity contribution in [3.63, 3.8) is 0 Å². The van der Waals surface area contributed by atoms with Crippen molar-refractivity contribution >= 4 is 11.8 Å². The maximum atomic E-state index is 12.3. The normalized spacial score (nSPS) is 30.3. The highest BCUT2D eigenvalue weighted by atomic mass is 16.2. The first-order valence-corrected chi connectivity index (χ1v) is 10.5. The van der Waals surface area contributed by atoms with E-state index >= 15 is 0 Å². The Hall–Kier alpha value is -1.10. The Morgan fingerprint density at radius 3 is 2.36 bits per heavy atom. The van der Waals surface area contributed by atoms with E-state index in [4.69, 9.17) is 0 Å². The van der Waals surface area contributed by atoms with Gasteiger partial charge in [0.05, 0.1) is 0 Å². The molecule has 1 aliphatic heterocycles. The second-order valence-corrected chi connectivity index (χ2v) is 8.41.